The number of rotatable bonds is 1. The molecule has 4 fully saturated rings. The second-order valence-corrected chi connectivity index (χ2v) is 7.37. The van der Waals surface area contributed by atoms with Gasteiger partial charge in [-0.05, 0) is 31.0 Å². The molecule has 5 nitrogen and oxygen atoms in total. The summed E-state index contributed by atoms with van der Waals surface area (Å²) < 4.78 is 51.9. The lowest BCUT2D eigenvalue weighted by Gasteiger charge is -2.41. The first-order valence-electron chi connectivity index (χ1n) is 8.60. The average Bonchev–Trinajstić information content (AvgIpc) is 3.25. The number of benzene rings is 1. The van der Waals surface area contributed by atoms with Crippen LogP contribution in [-0.4, -0.2) is 30.4 Å². The molecule has 8 heteroatoms. The topological polar surface area (TPSA) is 62.6 Å². The normalized spacial score (nSPS) is 37.8. The molecule has 0 unspecified atom stereocenters. The fourth-order valence-corrected chi connectivity index (χ4v) is 5.23. The summed E-state index contributed by atoms with van der Waals surface area (Å²) in [5, 5.41) is 8.97. The number of carbonyl (C=O) groups excluding carboxylic acids is 1. The Bertz CT molecular complexity index is 849. The lowest BCUT2D eigenvalue weighted by molar-refractivity contribution is -0.138. The van der Waals surface area contributed by atoms with Gasteiger partial charge >= 0.3 is 6.18 Å². The van der Waals surface area contributed by atoms with Gasteiger partial charge in [0.25, 0.3) is 0 Å². The van der Waals surface area contributed by atoms with Crippen molar-refractivity contribution >= 4 is 11.6 Å². The number of amides is 1. The summed E-state index contributed by atoms with van der Waals surface area (Å²) in [6, 6.07) is 4.95. The Hall–Kier alpha value is -2.11. The Kier molecular flexibility index (Phi) is 3.09. The average molecular weight is 364 g/mol. The molecule has 4 heterocycles. The number of fused-ring (bicyclic) bond motifs is 2. The van der Waals surface area contributed by atoms with Crippen molar-refractivity contribution < 1.29 is 27.4 Å². The van der Waals surface area contributed by atoms with Crippen molar-refractivity contribution in [1.82, 2.24) is 0 Å². The second-order valence-electron chi connectivity index (χ2n) is 7.37. The molecule has 26 heavy (non-hydrogen) atoms. The van der Waals surface area contributed by atoms with E-state index in [1.54, 1.807) is 6.07 Å². The van der Waals surface area contributed by atoms with Crippen LogP contribution in [0.2, 0.25) is 0 Å². The highest BCUT2D eigenvalue weighted by Gasteiger charge is 2.70. The Morgan fingerprint density at radius 2 is 2.12 bits per heavy atom. The summed E-state index contributed by atoms with van der Waals surface area (Å²) in [4.78, 5) is 14.4. The van der Waals surface area contributed by atoms with Crippen molar-refractivity contribution in [2.24, 2.45) is 11.8 Å². The zero-order valence-electron chi connectivity index (χ0n) is 13.6. The molecular weight excluding hydrogens is 349 g/mol. The number of halogens is 3. The fourth-order valence-electron chi connectivity index (χ4n) is 5.23. The Morgan fingerprint density at radius 1 is 1.31 bits per heavy atom. The first-order valence-corrected chi connectivity index (χ1v) is 8.60. The van der Waals surface area contributed by atoms with E-state index >= 15 is 0 Å². The van der Waals surface area contributed by atoms with E-state index < -0.39 is 23.5 Å². The van der Waals surface area contributed by atoms with Crippen LogP contribution < -0.4 is 4.90 Å². The first kappa shape index (κ1) is 16.1. The van der Waals surface area contributed by atoms with Gasteiger partial charge < -0.3 is 9.47 Å². The fraction of sp³-hybridized carbons (Fsp3) is 0.556. The van der Waals surface area contributed by atoms with Gasteiger partial charge in [0.15, 0.2) is 0 Å². The van der Waals surface area contributed by atoms with E-state index in [-0.39, 0.29) is 35.1 Å². The minimum atomic E-state index is -4.67. The van der Waals surface area contributed by atoms with Gasteiger partial charge in [-0.1, -0.05) is 0 Å². The number of ether oxygens (including phenoxy) is 2. The lowest BCUT2D eigenvalue weighted by atomic mass is 9.70. The minimum Gasteiger partial charge on any atom is -0.370 e. The van der Waals surface area contributed by atoms with Crippen molar-refractivity contribution in [2.75, 3.05) is 11.5 Å². The van der Waals surface area contributed by atoms with Gasteiger partial charge in [-0.3, -0.25) is 9.69 Å². The van der Waals surface area contributed by atoms with Gasteiger partial charge in [0, 0.05) is 18.0 Å². The number of hydrogen-bond donors (Lipinski definition) is 0. The zero-order valence-corrected chi connectivity index (χ0v) is 13.6. The van der Waals surface area contributed by atoms with E-state index in [9.17, 15) is 18.0 Å². The Labute approximate surface area is 147 Å². The number of anilines is 1. The number of alkyl halides is 3. The first-order chi connectivity index (χ1) is 12.4. The van der Waals surface area contributed by atoms with Crippen molar-refractivity contribution in [3.8, 4) is 6.07 Å². The highest BCUT2D eigenvalue weighted by atomic mass is 19.4. The maximum Gasteiger partial charge on any atom is 0.417 e. The van der Waals surface area contributed by atoms with E-state index in [1.165, 1.54) is 11.0 Å². The third-order valence-electron chi connectivity index (χ3n) is 6.24. The summed E-state index contributed by atoms with van der Waals surface area (Å²) in [7, 11) is 0. The summed E-state index contributed by atoms with van der Waals surface area (Å²) >= 11 is 0. The second kappa shape index (κ2) is 4.99. The van der Waals surface area contributed by atoms with Crippen LogP contribution in [0.4, 0.5) is 18.9 Å². The van der Waals surface area contributed by atoms with Crippen molar-refractivity contribution in [2.45, 2.75) is 43.4 Å². The van der Waals surface area contributed by atoms with Crippen molar-refractivity contribution in [3.63, 3.8) is 0 Å². The zero-order chi connectivity index (χ0) is 18.3. The molecule has 1 aromatic rings. The molecule has 2 bridgehead atoms. The molecule has 0 saturated carbocycles. The number of nitrogens with zero attached hydrogens (tertiary/aromatic N) is 2. The van der Waals surface area contributed by atoms with Gasteiger partial charge in [-0.25, -0.2) is 0 Å². The molecule has 1 amide bonds. The molecule has 136 valence electrons. The molecule has 4 aliphatic heterocycles. The van der Waals surface area contributed by atoms with Gasteiger partial charge in [-0.15, -0.1) is 0 Å². The van der Waals surface area contributed by atoms with Crippen LogP contribution in [0.25, 0.3) is 0 Å². The predicted molar refractivity (Wildman–Crippen MR) is 81.8 cm³/mol. The van der Waals surface area contributed by atoms with Crippen molar-refractivity contribution in [3.05, 3.63) is 29.3 Å². The van der Waals surface area contributed by atoms with Gasteiger partial charge in [0.2, 0.25) is 5.91 Å². The van der Waals surface area contributed by atoms with Crippen LogP contribution in [-0.2, 0) is 20.4 Å². The molecule has 1 spiro atoms. The van der Waals surface area contributed by atoms with Gasteiger partial charge in [-0.2, -0.15) is 18.4 Å². The monoisotopic (exact) mass is 364 g/mol. The van der Waals surface area contributed by atoms with Crippen LogP contribution in [0.15, 0.2) is 18.2 Å². The number of carbonyl (C=O) groups is 1. The van der Waals surface area contributed by atoms with E-state index in [0.717, 1.165) is 25.0 Å². The third-order valence-corrected chi connectivity index (χ3v) is 6.24. The SMILES string of the molecule is N#Cc1ccc(N2C(=O)[C@@H]3[C@@H]4[C@H]2OCC[C@@]42CC[C@H]3O2)cc1C(F)(F)F. The summed E-state index contributed by atoms with van der Waals surface area (Å²) in [6.45, 7) is 0.410. The van der Waals surface area contributed by atoms with E-state index in [1.807, 2.05) is 0 Å². The summed E-state index contributed by atoms with van der Waals surface area (Å²) in [5.41, 5.74) is -1.76. The van der Waals surface area contributed by atoms with Crippen molar-refractivity contribution in [1.29, 1.82) is 5.26 Å². The molecule has 0 aromatic heterocycles. The molecule has 0 N–H and O–H groups in total. The standard InChI is InChI=1S/C18H15F3N2O3/c19-18(20,21)11-7-10(2-1-9(11)8-22)23-15(24)13-12-3-4-17(26-12)5-6-25-16(23)14(13)17/h1-2,7,12-14,16H,3-6H2/t12-,13+,14-,16-,17+/m1/s1. The molecule has 5 rings (SSSR count). The molecular formula is C18H15F3N2O3. The summed E-state index contributed by atoms with van der Waals surface area (Å²) in [6.07, 6.45) is -3.09. The molecule has 4 aliphatic rings. The predicted octanol–water partition coefficient (Wildman–Crippen LogP) is 2.83. The van der Waals surface area contributed by atoms with E-state index in [4.69, 9.17) is 14.7 Å². The molecule has 1 aromatic carbocycles. The maximum absolute atomic E-state index is 13.3. The van der Waals surface area contributed by atoms with Gasteiger partial charge in [0.05, 0.1) is 41.4 Å². The Balaban J connectivity index is 1.60. The van der Waals surface area contributed by atoms with Crippen LogP contribution in [0.3, 0.4) is 0 Å². The lowest BCUT2D eigenvalue weighted by Crippen LogP contribution is -2.51. The molecule has 4 saturated heterocycles. The van der Waals surface area contributed by atoms with Gasteiger partial charge in [0.1, 0.15) is 6.23 Å². The van der Waals surface area contributed by atoms with Crippen LogP contribution in [0, 0.1) is 23.2 Å². The maximum atomic E-state index is 13.3. The van der Waals surface area contributed by atoms with Crippen LogP contribution in [0.1, 0.15) is 30.4 Å². The molecule has 0 radical (unpaired) electrons. The Morgan fingerprint density at radius 3 is 2.85 bits per heavy atom. The quantitative estimate of drug-likeness (QED) is 0.769. The molecule has 5 atom stereocenters. The van der Waals surface area contributed by atoms with Crippen LogP contribution in [0.5, 0.6) is 0 Å². The van der Waals surface area contributed by atoms with E-state index in [2.05, 4.69) is 0 Å². The minimum absolute atomic E-state index is 0.122. The molecule has 0 aliphatic carbocycles. The number of hydrogen-bond acceptors (Lipinski definition) is 4. The smallest absolute Gasteiger partial charge is 0.370 e. The summed E-state index contributed by atoms with van der Waals surface area (Å²) in [5.74, 6) is -0.752. The highest BCUT2D eigenvalue weighted by Crippen LogP contribution is 2.60. The largest absolute Gasteiger partial charge is 0.417 e. The van der Waals surface area contributed by atoms with Crippen LogP contribution >= 0.6 is 0 Å². The highest BCUT2D eigenvalue weighted by molar-refractivity contribution is 5.99. The number of nitriles is 1. The third kappa shape index (κ3) is 1.90. The van der Waals surface area contributed by atoms with E-state index in [0.29, 0.717) is 13.0 Å².